The van der Waals surface area contributed by atoms with Crippen LogP contribution in [-0.4, -0.2) is 56.9 Å². The van der Waals surface area contributed by atoms with Gasteiger partial charge in [0, 0.05) is 26.7 Å². The lowest BCUT2D eigenvalue weighted by molar-refractivity contribution is 0.0759. The molecule has 0 radical (unpaired) electrons. The zero-order chi connectivity index (χ0) is 8.10. The average molecular weight is 158 g/mol. The highest BCUT2D eigenvalue weighted by atomic mass is 16.5. The fourth-order valence-corrected chi connectivity index (χ4v) is 1.45. The molecule has 0 aromatic carbocycles. The first-order valence-electron chi connectivity index (χ1n) is 4.23. The standard InChI is InChI=1S/C8H18N2O/c1-9-4-3-5-10(8-9)6-7-11-2/h3-8H2,1-2H3. The highest BCUT2D eigenvalue weighted by molar-refractivity contribution is 4.64. The van der Waals surface area contributed by atoms with Gasteiger partial charge in [-0.2, -0.15) is 0 Å². The fourth-order valence-electron chi connectivity index (χ4n) is 1.45. The van der Waals surface area contributed by atoms with Gasteiger partial charge in [-0.25, -0.2) is 0 Å². The summed E-state index contributed by atoms with van der Waals surface area (Å²) >= 11 is 0. The summed E-state index contributed by atoms with van der Waals surface area (Å²) in [4.78, 5) is 4.77. The van der Waals surface area contributed by atoms with E-state index in [0.717, 1.165) is 19.8 Å². The first-order valence-corrected chi connectivity index (χ1v) is 4.23. The lowest BCUT2D eigenvalue weighted by Crippen LogP contribution is -2.43. The molecule has 1 aliphatic rings. The number of methoxy groups -OCH3 is 1. The van der Waals surface area contributed by atoms with Crippen LogP contribution in [0.5, 0.6) is 0 Å². The molecule has 0 spiro atoms. The smallest absolute Gasteiger partial charge is 0.0590 e. The molecule has 1 rings (SSSR count). The molecule has 0 amide bonds. The number of hydrogen-bond donors (Lipinski definition) is 0. The Morgan fingerprint density at radius 1 is 1.36 bits per heavy atom. The fraction of sp³-hybridized carbons (Fsp3) is 1.00. The van der Waals surface area contributed by atoms with Crippen molar-refractivity contribution in [1.82, 2.24) is 9.80 Å². The predicted molar refractivity (Wildman–Crippen MR) is 45.6 cm³/mol. The van der Waals surface area contributed by atoms with Crippen molar-refractivity contribution in [3.63, 3.8) is 0 Å². The zero-order valence-corrected chi connectivity index (χ0v) is 7.55. The number of ether oxygens (including phenoxy) is 1. The summed E-state index contributed by atoms with van der Waals surface area (Å²) in [5.41, 5.74) is 0. The van der Waals surface area contributed by atoms with Gasteiger partial charge in [-0.3, -0.25) is 9.80 Å². The molecular weight excluding hydrogens is 140 g/mol. The van der Waals surface area contributed by atoms with Crippen molar-refractivity contribution in [3.8, 4) is 0 Å². The number of nitrogens with zero attached hydrogens (tertiary/aromatic N) is 2. The van der Waals surface area contributed by atoms with Crippen molar-refractivity contribution in [1.29, 1.82) is 0 Å². The summed E-state index contributed by atoms with van der Waals surface area (Å²) in [5.74, 6) is 0. The minimum atomic E-state index is 0.855. The van der Waals surface area contributed by atoms with Crippen molar-refractivity contribution in [2.45, 2.75) is 6.42 Å². The second-order valence-electron chi connectivity index (χ2n) is 3.19. The third-order valence-electron chi connectivity index (χ3n) is 2.07. The number of rotatable bonds is 3. The summed E-state index contributed by atoms with van der Waals surface area (Å²) in [6.07, 6.45) is 1.29. The van der Waals surface area contributed by atoms with Gasteiger partial charge in [0.25, 0.3) is 0 Å². The topological polar surface area (TPSA) is 15.7 Å². The molecule has 0 N–H and O–H groups in total. The van der Waals surface area contributed by atoms with E-state index in [4.69, 9.17) is 4.74 Å². The molecule has 1 fully saturated rings. The molecule has 3 nitrogen and oxygen atoms in total. The Hall–Kier alpha value is -0.120. The molecule has 0 unspecified atom stereocenters. The molecule has 0 saturated carbocycles. The highest BCUT2D eigenvalue weighted by Crippen LogP contribution is 2.02. The van der Waals surface area contributed by atoms with Crippen LogP contribution in [0, 0.1) is 0 Å². The summed E-state index contributed by atoms with van der Waals surface area (Å²) < 4.78 is 5.02. The Morgan fingerprint density at radius 3 is 2.82 bits per heavy atom. The second kappa shape index (κ2) is 4.70. The van der Waals surface area contributed by atoms with E-state index < -0.39 is 0 Å². The highest BCUT2D eigenvalue weighted by Gasteiger charge is 2.12. The zero-order valence-electron chi connectivity index (χ0n) is 7.55. The lowest BCUT2D eigenvalue weighted by atomic mass is 10.3. The van der Waals surface area contributed by atoms with E-state index in [2.05, 4.69) is 16.8 Å². The Balaban J connectivity index is 2.12. The van der Waals surface area contributed by atoms with E-state index in [1.807, 2.05) is 0 Å². The van der Waals surface area contributed by atoms with E-state index in [1.54, 1.807) is 7.11 Å². The van der Waals surface area contributed by atoms with Crippen molar-refractivity contribution in [2.75, 3.05) is 47.1 Å². The van der Waals surface area contributed by atoms with E-state index in [9.17, 15) is 0 Å². The third-order valence-corrected chi connectivity index (χ3v) is 2.07. The lowest BCUT2D eigenvalue weighted by Gasteiger charge is -2.32. The van der Waals surface area contributed by atoms with Gasteiger partial charge < -0.3 is 4.74 Å². The summed E-state index contributed by atoms with van der Waals surface area (Å²) in [5, 5.41) is 0. The van der Waals surface area contributed by atoms with Crippen molar-refractivity contribution < 1.29 is 4.74 Å². The summed E-state index contributed by atoms with van der Waals surface area (Å²) in [7, 11) is 3.92. The van der Waals surface area contributed by atoms with Crippen LogP contribution in [0.2, 0.25) is 0 Å². The van der Waals surface area contributed by atoms with Crippen LogP contribution in [-0.2, 0) is 4.74 Å². The minimum Gasteiger partial charge on any atom is -0.383 e. The first kappa shape index (κ1) is 8.97. The quantitative estimate of drug-likeness (QED) is 0.584. The molecule has 1 aliphatic heterocycles. The third kappa shape index (κ3) is 3.18. The molecule has 11 heavy (non-hydrogen) atoms. The maximum absolute atomic E-state index is 5.02. The summed E-state index contributed by atoms with van der Waals surface area (Å²) in [6.45, 7) is 5.50. The Bertz CT molecular complexity index is 108. The van der Waals surface area contributed by atoms with Gasteiger partial charge in [-0.15, -0.1) is 0 Å². The number of hydrogen-bond acceptors (Lipinski definition) is 3. The molecule has 1 heterocycles. The van der Waals surface area contributed by atoms with Gasteiger partial charge >= 0.3 is 0 Å². The molecule has 0 atom stereocenters. The van der Waals surface area contributed by atoms with Gasteiger partial charge in [0.05, 0.1) is 13.3 Å². The first-order chi connectivity index (χ1) is 5.33. The van der Waals surface area contributed by atoms with Gasteiger partial charge in [0.1, 0.15) is 0 Å². The van der Waals surface area contributed by atoms with Gasteiger partial charge in [-0.1, -0.05) is 0 Å². The molecule has 66 valence electrons. The van der Waals surface area contributed by atoms with Crippen LogP contribution in [0.4, 0.5) is 0 Å². The molecule has 0 aromatic rings. The van der Waals surface area contributed by atoms with Crippen LogP contribution < -0.4 is 0 Å². The second-order valence-corrected chi connectivity index (χ2v) is 3.19. The van der Waals surface area contributed by atoms with E-state index in [-0.39, 0.29) is 0 Å². The predicted octanol–water partition coefficient (Wildman–Crippen LogP) is 0.228. The summed E-state index contributed by atoms with van der Waals surface area (Å²) in [6, 6.07) is 0. The van der Waals surface area contributed by atoms with Gasteiger partial charge in [0.15, 0.2) is 0 Å². The average Bonchev–Trinajstić information content (AvgIpc) is 2.01. The largest absolute Gasteiger partial charge is 0.383 e. The van der Waals surface area contributed by atoms with Gasteiger partial charge in [-0.05, 0) is 13.5 Å². The van der Waals surface area contributed by atoms with Crippen LogP contribution >= 0.6 is 0 Å². The Morgan fingerprint density at radius 2 is 2.18 bits per heavy atom. The van der Waals surface area contributed by atoms with Crippen LogP contribution in [0.1, 0.15) is 6.42 Å². The normalized spacial score (nSPS) is 22.4. The molecule has 1 saturated heterocycles. The molecule has 0 aliphatic carbocycles. The van der Waals surface area contributed by atoms with E-state index >= 15 is 0 Å². The molecular formula is C8H18N2O. The molecule has 3 heteroatoms. The molecule has 0 aromatic heterocycles. The van der Waals surface area contributed by atoms with Crippen molar-refractivity contribution in [3.05, 3.63) is 0 Å². The minimum absolute atomic E-state index is 0.855. The Labute approximate surface area is 68.9 Å². The molecule has 0 bridgehead atoms. The van der Waals surface area contributed by atoms with E-state index in [0.29, 0.717) is 0 Å². The van der Waals surface area contributed by atoms with Gasteiger partial charge in [0.2, 0.25) is 0 Å². The van der Waals surface area contributed by atoms with Crippen LogP contribution in [0.15, 0.2) is 0 Å². The maximum Gasteiger partial charge on any atom is 0.0590 e. The van der Waals surface area contributed by atoms with E-state index in [1.165, 1.54) is 19.5 Å². The van der Waals surface area contributed by atoms with Crippen molar-refractivity contribution in [2.24, 2.45) is 0 Å². The SMILES string of the molecule is COCCN1CCCN(C)C1. The Kier molecular flexibility index (Phi) is 3.83. The maximum atomic E-state index is 5.02. The monoisotopic (exact) mass is 158 g/mol. The van der Waals surface area contributed by atoms with Crippen LogP contribution in [0.25, 0.3) is 0 Å². The van der Waals surface area contributed by atoms with Crippen molar-refractivity contribution >= 4 is 0 Å². The van der Waals surface area contributed by atoms with Crippen LogP contribution in [0.3, 0.4) is 0 Å².